The molecular weight excluding hydrogens is 402 g/mol. The van der Waals surface area contributed by atoms with E-state index in [-0.39, 0.29) is 6.10 Å². The fourth-order valence-electron chi connectivity index (χ4n) is 5.52. The van der Waals surface area contributed by atoms with Crippen LogP contribution >= 0.6 is 0 Å². The molecule has 4 aromatic rings. The lowest BCUT2D eigenvalue weighted by molar-refractivity contribution is 0.162. The number of rotatable bonds is 6. The Hall–Kier alpha value is -3.10. The van der Waals surface area contributed by atoms with Crippen LogP contribution in [0.4, 0.5) is 0 Å². The topological polar surface area (TPSA) is 21.3 Å². The summed E-state index contributed by atoms with van der Waals surface area (Å²) in [6, 6.07) is 30.9. The van der Waals surface area contributed by atoms with Crippen LogP contribution in [0, 0.1) is 6.92 Å². The van der Waals surface area contributed by atoms with E-state index in [1.54, 1.807) is 5.56 Å². The van der Waals surface area contributed by atoms with Crippen molar-refractivity contribution in [2.24, 2.45) is 0 Å². The molecule has 6 rings (SSSR count). The molecule has 1 fully saturated rings. The van der Waals surface area contributed by atoms with Gasteiger partial charge in [-0.05, 0) is 71.2 Å². The van der Waals surface area contributed by atoms with Crippen molar-refractivity contribution in [2.75, 3.05) is 6.54 Å². The van der Waals surface area contributed by atoms with Gasteiger partial charge in [-0.25, -0.2) is 0 Å². The van der Waals surface area contributed by atoms with Gasteiger partial charge in [0.25, 0.3) is 0 Å². The quantitative estimate of drug-likeness (QED) is 0.350. The Morgan fingerprint density at radius 3 is 2.55 bits per heavy atom. The van der Waals surface area contributed by atoms with Gasteiger partial charge in [0.05, 0.1) is 0 Å². The Morgan fingerprint density at radius 2 is 1.67 bits per heavy atom. The molecule has 33 heavy (non-hydrogen) atoms. The smallest absolute Gasteiger partial charge is 0.123 e. The Bertz CT molecular complexity index is 1280. The molecule has 2 aliphatic rings. The lowest BCUT2D eigenvalue weighted by Crippen LogP contribution is -2.35. The van der Waals surface area contributed by atoms with Gasteiger partial charge < -0.3 is 10.1 Å². The zero-order chi connectivity index (χ0) is 22.2. The predicted octanol–water partition coefficient (Wildman–Crippen LogP) is 7.10. The van der Waals surface area contributed by atoms with Crippen molar-refractivity contribution >= 4 is 10.8 Å². The van der Waals surface area contributed by atoms with Crippen LogP contribution < -0.4 is 10.1 Å². The third kappa shape index (κ3) is 4.16. The minimum atomic E-state index is 0.156. The normalized spacial score (nSPS) is 19.8. The summed E-state index contributed by atoms with van der Waals surface area (Å²) in [4.78, 5) is 0. The Balaban J connectivity index is 1.20. The minimum Gasteiger partial charge on any atom is -0.489 e. The van der Waals surface area contributed by atoms with Crippen molar-refractivity contribution in [3.05, 3.63) is 113 Å². The van der Waals surface area contributed by atoms with E-state index in [1.807, 2.05) is 0 Å². The molecule has 2 unspecified atom stereocenters. The first-order chi connectivity index (χ1) is 16.3. The SMILES string of the molecule is Cc1cc(C2CC(CNCc3cccc4ccccc34)Oc3ccccc32)ccc1C1CC1. The summed E-state index contributed by atoms with van der Waals surface area (Å²) in [6.45, 7) is 3.97. The van der Waals surface area contributed by atoms with Crippen molar-refractivity contribution in [1.82, 2.24) is 5.32 Å². The van der Waals surface area contributed by atoms with Crippen LogP contribution in [0.5, 0.6) is 5.75 Å². The fourth-order valence-corrected chi connectivity index (χ4v) is 5.52. The summed E-state index contributed by atoms with van der Waals surface area (Å²) in [5, 5.41) is 6.31. The standard InChI is InChI=1S/C31H31NO/c1-21-17-24(15-16-27(21)23-13-14-23)30-18-26(33-31-12-5-4-11-29(30)31)20-32-19-25-9-6-8-22-7-2-3-10-28(22)25/h2-12,15-17,23,26,30,32H,13-14,18-20H2,1H3. The van der Waals surface area contributed by atoms with Gasteiger partial charge in [-0.3, -0.25) is 0 Å². The first kappa shape index (κ1) is 20.5. The molecule has 0 spiro atoms. The second-order valence-electron chi connectivity index (χ2n) is 9.73. The molecule has 166 valence electrons. The molecule has 2 nitrogen and oxygen atoms in total. The van der Waals surface area contributed by atoms with E-state index >= 15 is 0 Å². The van der Waals surface area contributed by atoms with Crippen LogP contribution in [0.25, 0.3) is 10.8 Å². The maximum atomic E-state index is 6.45. The summed E-state index contributed by atoms with van der Waals surface area (Å²) in [5.74, 6) is 2.22. The number of benzene rings is 4. The van der Waals surface area contributed by atoms with Gasteiger partial charge in [0.15, 0.2) is 0 Å². The van der Waals surface area contributed by atoms with E-state index in [1.165, 1.54) is 45.9 Å². The van der Waals surface area contributed by atoms with Gasteiger partial charge >= 0.3 is 0 Å². The molecular formula is C31H31NO. The molecule has 1 aliphatic carbocycles. The molecule has 0 saturated heterocycles. The summed E-state index contributed by atoms with van der Waals surface area (Å²) in [6.07, 6.45) is 3.86. The molecule has 1 aliphatic heterocycles. The number of para-hydroxylation sites is 1. The van der Waals surface area contributed by atoms with Crippen LogP contribution in [0.1, 0.15) is 58.9 Å². The molecule has 4 aromatic carbocycles. The number of fused-ring (bicyclic) bond motifs is 2. The van der Waals surface area contributed by atoms with Gasteiger partial charge in [-0.15, -0.1) is 0 Å². The Morgan fingerprint density at radius 1 is 0.848 bits per heavy atom. The third-order valence-corrected chi connectivity index (χ3v) is 7.37. The second kappa shape index (κ2) is 8.68. The number of hydrogen-bond acceptors (Lipinski definition) is 2. The molecule has 1 saturated carbocycles. The van der Waals surface area contributed by atoms with Crippen LogP contribution in [-0.4, -0.2) is 12.6 Å². The number of hydrogen-bond donors (Lipinski definition) is 1. The average molecular weight is 434 g/mol. The first-order valence-electron chi connectivity index (χ1n) is 12.3. The van der Waals surface area contributed by atoms with Crippen molar-refractivity contribution < 1.29 is 4.74 Å². The van der Waals surface area contributed by atoms with E-state index in [9.17, 15) is 0 Å². The number of aryl methyl sites for hydroxylation is 1. The van der Waals surface area contributed by atoms with Crippen LogP contribution in [0.3, 0.4) is 0 Å². The van der Waals surface area contributed by atoms with Gasteiger partial charge in [0.2, 0.25) is 0 Å². The first-order valence-corrected chi connectivity index (χ1v) is 12.3. The predicted molar refractivity (Wildman–Crippen MR) is 136 cm³/mol. The molecule has 2 atom stereocenters. The average Bonchev–Trinajstić information content (AvgIpc) is 3.69. The Kier molecular flexibility index (Phi) is 5.39. The van der Waals surface area contributed by atoms with Crippen LogP contribution in [0.15, 0.2) is 84.9 Å². The maximum Gasteiger partial charge on any atom is 0.123 e. The monoisotopic (exact) mass is 433 g/mol. The summed E-state index contributed by atoms with van der Waals surface area (Å²) >= 11 is 0. The zero-order valence-corrected chi connectivity index (χ0v) is 19.3. The van der Waals surface area contributed by atoms with Crippen LogP contribution in [0.2, 0.25) is 0 Å². The summed E-state index contributed by atoms with van der Waals surface area (Å²) in [5.41, 5.74) is 7.08. The lowest BCUT2D eigenvalue weighted by Gasteiger charge is -2.33. The van der Waals surface area contributed by atoms with Gasteiger partial charge in [0, 0.05) is 24.6 Å². The molecule has 0 bridgehead atoms. The highest BCUT2D eigenvalue weighted by molar-refractivity contribution is 5.85. The Labute approximate surface area is 196 Å². The van der Waals surface area contributed by atoms with Crippen molar-refractivity contribution in [3.8, 4) is 5.75 Å². The van der Waals surface area contributed by atoms with Crippen molar-refractivity contribution in [2.45, 2.75) is 50.7 Å². The van der Waals surface area contributed by atoms with Crippen molar-refractivity contribution in [3.63, 3.8) is 0 Å². The molecule has 1 N–H and O–H groups in total. The van der Waals surface area contributed by atoms with E-state index in [0.717, 1.165) is 31.2 Å². The molecule has 2 heteroatoms. The highest BCUT2D eigenvalue weighted by atomic mass is 16.5. The highest BCUT2D eigenvalue weighted by Gasteiger charge is 2.30. The number of nitrogens with one attached hydrogen (secondary N) is 1. The second-order valence-corrected chi connectivity index (χ2v) is 9.73. The van der Waals surface area contributed by atoms with Crippen molar-refractivity contribution in [1.29, 1.82) is 0 Å². The van der Waals surface area contributed by atoms with E-state index < -0.39 is 0 Å². The minimum absolute atomic E-state index is 0.156. The molecule has 0 radical (unpaired) electrons. The fraction of sp³-hybridized carbons (Fsp3) is 0.290. The molecule has 1 heterocycles. The highest BCUT2D eigenvalue weighted by Crippen LogP contribution is 2.44. The largest absolute Gasteiger partial charge is 0.489 e. The number of ether oxygens (including phenoxy) is 1. The van der Waals surface area contributed by atoms with Gasteiger partial charge in [0.1, 0.15) is 11.9 Å². The van der Waals surface area contributed by atoms with E-state index in [0.29, 0.717) is 5.92 Å². The van der Waals surface area contributed by atoms with E-state index in [2.05, 4.69) is 97.2 Å². The van der Waals surface area contributed by atoms with E-state index in [4.69, 9.17) is 4.74 Å². The van der Waals surface area contributed by atoms with Gasteiger partial charge in [-0.1, -0.05) is 78.9 Å². The maximum absolute atomic E-state index is 6.45. The van der Waals surface area contributed by atoms with Crippen LogP contribution in [-0.2, 0) is 6.54 Å². The lowest BCUT2D eigenvalue weighted by atomic mass is 9.83. The molecule has 0 amide bonds. The summed E-state index contributed by atoms with van der Waals surface area (Å²) < 4.78 is 6.45. The molecule has 0 aromatic heterocycles. The summed E-state index contributed by atoms with van der Waals surface area (Å²) in [7, 11) is 0. The van der Waals surface area contributed by atoms with Gasteiger partial charge in [-0.2, -0.15) is 0 Å². The third-order valence-electron chi connectivity index (χ3n) is 7.37. The zero-order valence-electron chi connectivity index (χ0n) is 19.3.